The maximum absolute atomic E-state index is 10.9. The Bertz CT molecular complexity index is 464. The minimum atomic E-state index is -3.00. The minimum absolute atomic E-state index is 0.00957. The Kier molecular flexibility index (Phi) is 4.31. The number of ether oxygens (including phenoxy) is 1. The molecule has 0 fully saturated rings. The fourth-order valence-corrected chi connectivity index (χ4v) is 1.56. The molecule has 6 nitrogen and oxygen atoms in total. The predicted octanol–water partition coefficient (Wildman–Crippen LogP) is 0.595. The Morgan fingerprint density at radius 3 is 2.81 bits per heavy atom. The molecule has 0 spiro atoms. The average molecular weight is 266 g/mol. The Labute approximate surface area is 98.9 Å². The Morgan fingerprint density at radius 2 is 2.25 bits per heavy atom. The quantitative estimate of drug-likeness (QED) is 0.839. The van der Waals surface area contributed by atoms with Crippen molar-refractivity contribution in [3.8, 4) is 6.01 Å². The summed E-state index contributed by atoms with van der Waals surface area (Å²) in [5, 5.41) is 3.12. The van der Waals surface area contributed by atoms with E-state index in [1.165, 1.54) is 13.3 Å². The smallest absolute Gasteiger partial charge is 0.318 e. The summed E-state index contributed by atoms with van der Waals surface area (Å²) in [5.74, 6) is 0.368. The average Bonchev–Trinajstić information content (AvgIpc) is 2.19. The van der Waals surface area contributed by atoms with Gasteiger partial charge in [-0.05, 0) is 0 Å². The second-order valence-electron chi connectivity index (χ2n) is 3.11. The van der Waals surface area contributed by atoms with E-state index in [0.717, 1.165) is 6.26 Å². The standard InChI is InChI=1S/C8H12ClN3O3S/c1-15-8-11-5-6(9)7(12-8)10-3-4-16(2,13)14/h5H,3-4H2,1-2H3,(H,10,11,12). The van der Waals surface area contributed by atoms with E-state index in [1.54, 1.807) is 0 Å². The second kappa shape index (κ2) is 5.31. The second-order valence-corrected chi connectivity index (χ2v) is 5.78. The van der Waals surface area contributed by atoms with Crippen LogP contribution in [0.3, 0.4) is 0 Å². The van der Waals surface area contributed by atoms with Crippen LogP contribution in [0.5, 0.6) is 6.01 Å². The third-order valence-electron chi connectivity index (χ3n) is 1.67. The lowest BCUT2D eigenvalue weighted by molar-refractivity contribution is 0.380. The first-order valence-electron chi connectivity index (χ1n) is 4.40. The first-order chi connectivity index (χ1) is 7.42. The largest absolute Gasteiger partial charge is 0.467 e. The van der Waals surface area contributed by atoms with E-state index in [1.807, 2.05) is 0 Å². The third kappa shape index (κ3) is 4.19. The molecule has 8 heteroatoms. The van der Waals surface area contributed by atoms with Crippen LogP contribution < -0.4 is 10.1 Å². The van der Waals surface area contributed by atoms with Crippen molar-refractivity contribution in [1.29, 1.82) is 0 Å². The molecule has 0 bridgehead atoms. The van der Waals surface area contributed by atoms with Crippen molar-refractivity contribution in [2.45, 2.75) is 0 Å². The van der Waals surface area contributed by atoms with Gasteiger partial charge in [0.15, 0.2) is 5.82 Å². The maximum atomic E-state index is 10.9. The fourth-order valence-electron chi connectivity index (χ4n) is 0.928. The van der Waals surface area contributed by atoms with Crippen molar-refractivity contribution in [2.75, 3.05) is 31.0 Å². The summed E-state index contributed by atoms with van der Waals surface area (Å²) in [6, 6.07) is 0.172. The van der Waals surface area contributed by atoms with Crippen LogP contribution in [0.1, 0.15) is 0 Å². The van der Waals surface area contributed by atoms with Gasteiger partial charge >= 0.3 is 6.01 Å². The molecule has 0 atom stereocenters. The molecule has 0 amide bonds. The molecule has 1 N–H and O–H groups in total. The lowest BCUT2D eigenvalue weighted by atomic mass is 10.5. The van der Waals surface area contributed by atoms with Gasteiger partial charge in [-0.2, -0.15) is 4.98 Å². The van der Waals surface area contributed by atoms with Crippen molar-refractivity contribution in [3.05, 3.63) is 11.2 Å². The molecule has 0 aliphatic rings. The Hall–Kier alpha value is -1.08. The predicted molar refractivity (Wildman–Crippen MR) is 61.8 cm³/mol. The zero-order valence-electron chi connectivity index (χ0n) is 8.90. The normalized spacial score (nSPS) is 11.2. The lowest BCUT2D eigenvalue weighted by Crippen LogP contribution is -2.15. The van der Waals surface area contributed by atoms with Crippen LogP contribution in [0.25, 0.3) is 0 Å². The van der Waals surface area contributed by atoms with E-state index < -0.39 is 9.84 Å². The molecule has 0 aliphatic heterocycles. The number of anilines is 1. The first kappa shape index (κ1) is 13.0. The molecule has 1 aromatic rings. The molecule has 0 saturated carbocycles. The SMILES string of the molecule is COc1ncc(Cl)c(NCCS(C)(=O)=O)n1. The van der Waals surface area contributed by atoms with Gasteiger partial charge in [-0.1, -0.05) is 11.6 Å². The summed E-state index contributed by atoms with van der Waals surface area (Å²) in [5.41, 5.74) is 0. The van der Waals surface area contributed by atoms with Gasteiger partial charge in [0.1, 0.15) is 14.9 Å². The van der Waals surface area contributed by atoms with Gasteiger partial charge in [0.2, 0.25) is 0 Å². The molecule has 0 aromatic carbocycles. The van der Waals surface area contributed by atoms with Crippen LogP contribution in [-0.2, 0) is 9.84 Å². The molecule has 0 radical (unpaired) electrons. The Balaban J connectivity index is 2.66. The molecule has 1 rings (SSSR count). The van der Waals surface area contributed by atoms with Gasteiger partial charge in [-0.15, -0.1) is 0 Å². The number of hydrogen-bond donors (Lipinski definition) is 1. The van der Waals surface area contributed by atoms with Crippen molar-refractivity contribution in [3.63, 3.8) is 0 Å². The highest BCUT2D eigenvalue weighted by atomic mass is 35.5. The molecule has 0 aliphatic carbocycles. The molecule has 0 unspecified atom stereocenters. The summed E-state index contributed by atoms with van der Waals surface area (Å²) in [6.07, 6.45) is 2.55. The van der Waals surface area contributed by atoms with Crippen LogP contribution in [0.2, 0.25) is 5.02 Å². The van der Waals surface area contributed by atoms with E-state index >= 15 is 0 Å². The van der Waals surface area contributed by atoms with E-state index in [4.69, 9.17) is 16.3 Å². The fraction of sp³-hybridized carbons (Fsp3) is 0.500. The van der Waals surface area contributed by atoms with Crippen molar-refractivity contribution >= 4 is 27.3 Å². The number of sulfone groups is 1. The van der Waals surface area contributed by atoms with Crippen LogP contribution in [-0.4, -0.2) is 44.0 Å². The molecule has 1 aromatic heterocycles. The number of methoxy groups -OCH3 is 1. The van der Waals surface area contributed by atoms with Crippen LogP contribution >= 0.6 is 11.6 Å². The molecular weight excluding hydrogens is 254 g/mol. The van der Waals surface area contributed by atoms with Crippen molar-refractivity contribution in [1.82, 2.24) is 9.97 Å². The lowest BCUT2D eigenvalue weighted by Gasteiger charge is -2.07. The van der Waals surface area contributed by atoms with Crippen LogP contribution in [0.15, 0.2) is 6.20 Å². The molecule has 0 saturated heterocycles. The Morgan fingerprint density at radius 1 is 1.56 bits per heavy atom. The van der Waals surface area contributed by atoms with Crippen molar-refractivity contribution < 1.29 is 13.2 Å². The number of aromatic nitrogens is 2. The summed E-state index contributed by atoms with van der Waals surface area (Å²) >= 11 is 5.81. The molecule has 90 valence electrons. The summed E-state index contributed by atoms with van der Waals surface area (Å²) in [4.78, 5) is 7.73. The van der Waals surface area contributed by atoms with Crippen LogP contribution in [0.4, 0.5) is 5.82 Å². The third-order valence-corrected chi connectivity index (χ3v) is 2.89. The number of rotatable bonds is 5. The van der Waals surface area contributed by atoms with Gasteiger partial charge in [0.25, 0.3) is 0 Å². The van der Waals surface area contributed by atoms with Crippen molar-refractivity contribution in [2.24, 2.45) is 0 Å². The zero-order valence-corrected chi connectivity index (χ0v) is 10.5. The van der Waals surface area contributed by atoms with E-state index in [-0.39, 0.29) is 18.3 Å². The minimum Gasteiger partial charge on any atom is -0.467 e. The van der Waals surface area contributed by atoms with E-state index in [9.17, 15) is 8.42 Å². The topological polar surface area (TPSA) is 81.2 Å². The van der Waals surface area contributed by atoms with Gasteiger partial charge in [0, 0.05) is 12.8 Å². The number of nitrogens with zero attached hydrogens (tertiary/aromatic N) is 2. The summed E-state index contributed by atoms with van der Waals surface area (Å²) in [6.45, 7) is 0.235. The summed E-state index contributed by atoms with van der Waals surface area (Å²) < 4.78 is 26.6. The number of hydrogen-bond acceptors (Lipinski definition) is 6. The highest BCUT2D eigenvalue weighted by Crippen LogP contribution is 2.19. The van der Waals surface area contributed by atoms with Gasteiger partial charge in [-0.25, -0.2) is 13.4 Å². The highest BCUT2D eigenvalue weighted by Gasteiger charge is 2.07. The zero-order chi connectivity index (χ0) is 12.2. The summed E-state index contributed by atoms with van der Waals surface area (Å²) in [7, 11) is -1.57. The highest BCUT2D eigenvalue weighted by molar-refractivity contribution is 7.90. The van der Waals surface area contributed by atoms with E-state index in [2.05, 4.69) is 15.3 Å². The molecule has 1 heterocycles. The molecular formula is C8H12ClN3O3S. The van der Waals surface area contributed by atoms with E-state index in [0.29, 0.717) is 10.8 Å². The van der Waals surface area contributed by atoms with Gasteiger partial charge < -0.3 is 10.1 Å². The number of nitrogens with one attached hydrogen (secondary N) is 1. The monoisotopic (exact) mass is 265 g/mol. The first-order valence-corrected chi connectivity index (χ1v) is 6.84. The number of halogens is 1. The van der Waals surface area contributed by atoms with Crippen LogP contribution in [0, 0.1) is 0 Å². The van der Waals surface area contributed by atoms with Gasteiger partial charge in [-0.3, -0.25) is 0 Å². The maximum Gasteiger partial charge on any atom is 0.318 e. The molecule has 16 heavy (non-hydrogen) atoms. The van der Waals surface area contributed by atoms with Gasteiger partial charge in [0.05, 0.1) is 19.1 Å².